The third-order valence-corrected chi connectivity index (χ3v) is 6.06. The van der Waals surface area contributed by atoms with Gasteiger partial charge in [0.1, 0.15) is 6.61 Å². The lowest BCUT2D eigenvalue weighted by Gasteiger charge is -2.17. The molecule has 9 heteroatoms. The highest BCUT2D eigenvalue weighted by molar-refractivity contribution is 7.99. The molecule has 188 valence electrons. The number of hydrogen-bond acceptors (Lipinski definition) is 7. The predicted molar refractivity (Wildman–Crippen MR) is 145 cm³/mol. The average molecular weight is 525 g/mol. The minimum absolute atomic E-state index is 0.154. The number of carbonyl (C=O) groups is 1. The standard InChI is InChI=1S/C27H29ClN4O3S/c1-5-9-21-13-20(15-29-32-25(33)17-36-27-30-18(3)12-19(4)31-27)14-24(34-6-2)26(21)35-16-22-10-7-8-11-23(22)28/h5,7-8,10-15H,1,6,9,16-17H2,2-4H3,(H,32,33)/b29-15-. The van der Waals surface area contributed by atoms with Crippen LogP contribution in [-0.2, 0) is 17.8 Å². The molecule has 0 unspecified atom stereocenters. The minimum Gasteiger partial charge on any atom is -0.490 e. The van der Waals surface area contributed by atoms with E-state index in [1.54, 1.807) is 12.3 Å². The molecule has 1 amide bonds. The van der Waals surface area contributed by atoms with Crippen LogP contribution in [0.5, 0.6) is 11.5 Å². The number of halogens is 1. The van der Waals surface area contributed by atoms with Crippen LogP contribution < -0.4 is 14.9 Å². The lowest BCUT2D eigenvalue weighted by atomic mass is 10.1. The fraction of sp³-hybridized carbons (Fsp3) is 0.259. The number of rotatable bonds is 12. The molecule has 0 spiro atoms. The van der Waals surface area contributed by atoms with Crippen molar-refractivity contribution in [3.05, 3.63) is 88.2 Å². The van der Waals surface area contributed by atoms with Crippen molar-refractivity contribution >= 4 is 35.5 Å². The Balaban J connectivity index is 1.70. The number of aromatic nitrogens is 2. The number of ether oxygens (including phenoxy) is 2. The number of carbonyl (C=O) groups excluding carboxylic acids is 1. The van der Waals surface area contributed by atoms with Crippen LogP contribution in [0.2, 0.25) is 5.02 Å². The van der Waals surface area contributed by atoms with Gasteiger partial charge in [-0.25, -0.2) is 15.4 Å². The third kappa shape index (κ3) is 8.10. The summed E-state index contributed by atoms with van der Waals surface area (Å²) >= 11 is 7.55. The van der Waals surface area contributed by atoms with Gasteiger partial charge < -0.3 is 9.47 Å². The summed E-state index contributed by atoms with van der Waals surface area (Å²) in [6.07, 6.45) is 3.93. The summed E-state index contributed by atoms with van der Waals surface area (Å²) in [5.74, 6) is 1.11. The molecular formula is C27H29ClN4O3S. The van der Waals surface area contributed by atoms with Gasteiger partial charge in [-0.3, -0.25) is 4.79 Å². The lowest BCUT2D eigenvalue weighted by Crippen LogP contribution is -2.19. The predicted octanol–water partition coefficient (Wildman–Crippen LogP) is 5.70. The van der Waals surface area contributed by atoms with Gasteiger partial charge in [0.05, 0.1) is 18.6 Å². The molecule has 0 aliphatic heterocycles. The van der Waals surface area contributed by atoms with Gasteiger partial charge in [0.25, 0.3) is 5.91 Å². The molecule has 1 heterocycles. The molecule has 0 saturated heterocycles. The van der Waals surface area contributed by atoms with Gasteiger partial charge in [0, 0.05) is 27.5 Å². The smallest absolute Gasteiger partial charge is 0.250 e. The fourth-order valence-electron chi connectivity index (χ4n) is 3.36. The van der Waals surface area contributed by atoms with Crippen molar-refractivity contribution in [2.45, 2.75) is 39.0 Å². The topological polar surface area (TPSA) is 85.7 Å². The molecule has 0 atom stereocenters. The summed E-state index contributed by atoms with van der Waals surface area (Å²) < 4.78 is 12.0. The number of amides is 1. The van der Waals surface area contributed by atoms with E-state index in [9.17, 15) is 4.79 Å². The van der Waals surface area contributed by atoms with Crippen LogP contribution in [0.15, 0.2) is 65.4 Å². The molecule has 0 aliphatic carbocycles. The van der Waals surface area contributed by atoms with E-state index in [0.29, 0.717) is 41.3 Å². The van der Waals surface area contributed by atoms with Crippen LogP contribution >= 0.6 is 23.4 Å². The van der Waals surface area contributed by atoms with Crippen molar-refractivity contribution < 1.29 is 14.3 Å². The maximum atomic E-state index is 12.2. The van der Waals surface area contributed by atoms with Crippen molar-refractivity contribution in [3.63, 3.8) is 0 Å². The number of nitrogens with one attached hydrogen (secondary N) is 1. The molecule has 3 aromatic rings. The summed E-state index contributed by atoms with van der Waals surface area (Å²) in [4.78, 5) is 20.9. The van der Waals surface area contributed by atoms with Crippen LogP contribution in [-0.4, -0.2) is 34.4 Å². The molecule has 1 aromatic heterocycles. The second-order valence-electron chi connectivity index (χ2n) is 7.83. The first-order valence-corrected chi connectivity index (χ1v) is 12.8. The Bertz CT molecular complexity index is 1230. The number of allylic oxidation sites excluding steroid dienone is 1. The van der Waals surface area contributed by atoms with E-state index in [1.807, 2.05) is 63.2 Å². The van der Waals surface area contributed by atoms with Crippen molar-refractivity contribution in [1.82, 2.24) is 15.4 Å². The van der Waals surface area contributed by atoms with Crippen LogP contribution in [0.25, 0.3) is 0 Å². The summed E-state index contributed by atoms with van der Waals surface area (Å²) in [6, 6.07) is 13.2. The first-order valence-electron chi connectivity index (χ1n) is 11.4. The molecule has 3 rings (SSSR count). The van der Waals surface area contributed by atoms with Crippen molar-refractivity contribution in [2.24, 2.45) is 5.10 Å². The molecule has 7 nitrogen and oxygen atoms in total. The van der Waals surface area contributed by atoms with Crippen molar-refractivity contribution in [2.75, 3.05) is 12.4 Å². The number of aryl methyl sites for hydroxylation is 2. The van der Waals surface area contributed by atoms with Gasteiger partial charge in [-0.15, -0.1) is 6.58 Å². The molecule has 0 bridgehead atoms. The molecule has 0 radical (unpaired) electrons. The fourth-order valence-corrected chi connectivity index (χ4v) is 4.29. The van der Waals surface area contributed by atoms with E-state index >= 15 is 0 Å². The highest BCUT2D eigenvalue weighted by Gasteiger charge is 2.14. The molecule has 0 aliphatic rings. The number of benzene rings is 2. The molecular weight excluding hydrogens is 496 g/mol. The van der Waals surface area contributed by atoms with Gasteiger partial charge in [0.2, 0.25) is 0 Å². The second kappa shape index (κ2) is 13.7. The second-order valence-corrected chi connectivity index (χ2v) is 9.18. The van der Waals surface area contributed by atoms with Gasteiger partial charge in [-0.1, -0.05) is 47.6 Å². The summed E-state index contributed by atoms with van der Waals surface area (Å²) in [7, 11) is 0. The Morgan fingerprint density at radius 3 is 2.58 bits per heavy atom. The Morgan fingerprint density at radius 2 is 1.89 bits per heavy atom. The number of hydrogen-bond donors (Lipinski definition) is 1. The van der Waals surface area contributed by atoms with Crippen molar-refractivity contribution in [3.8, 4) is 11.5 Å². The largest absolute Gasteiger partial charge is 0.490 e. The van der Waals surface area contributed by atoms with E-state index in [1.165, 1.54) is 11.8 Å². The first kappa shape index (κ1) is 27.2. The maximum Gasteiger partial charge on any atom is 0.250 e. The SMILES string of the molecule is C=CCc1cc(/C=N\NC(=O)CSc2nc(C)cc(C)n2)cc(OCC)c1OCc1ccccc1Cl. The summed E-state index contributed by atoms with van der Waals surface area (Å²) in [6.45, 7) is 10.3. The van der Waals surface area contributed by atoms with Crippen LogP contribution in [0, 0.1) is 13.8 Å². The average Bonchev–Trinajstić information content (AvgIpc) is 2.83. The number of thioether (sulfide) groups is 1. The molecule has 36 heavy (non-hydrogen) atoms. The van der Waals surface area contributed by atoms with E-state index in [-0.39, 0.29) is 11.7 Å². The maximum absolute atomic E-state index is 12.2. The summed E-state index contributed by atoms with van der Waals surface area (Å²) in [5, 5.41) is 5.31. The molecule has 0 saturated carbocycles. The van der Waals surface area contributed by atoms with E-state index in [4.69, 9.17) is 21.1 Å². The van der Waals surface area contributed by atoms with Crippen LogP contribution in [0.1, 0.15) is 35.0 Å². The Labute approximate surface area is 221 Å². The van der Waals surface area contributed by atoms with Gasteiger partial charge >= 0.3 is 0 Å². The Hall–Kier alpha value is -3.36. The monoisotopic (exact) mass is 524 g/mol. The zero-order valence-corrected chi connectivity index (χ0v) is 22.2. The molecule has 1 N–H and O–H groups in total. The number of hydrazone groups is 1. The van der Waals surface area contributed by atoms with Gasteiger partial charge in [-0.05, 0) is 57.0 Å². The lowest BCUT2D eigenvalue weighted by molar-refractivity contribution is -0.118. The first-order chi connectivity index (χ1) is 17.4. The van der Waals surface area contributed by atoms with Crippen LogP contribution in [0.3, 0.4) is 0 Å². The van der Waals surface area contributed by atoms with Crippen molar-refractivity contribution in [1.29, 1.82) is 0 Å². The number of nitrogens with zero attached hydrogens (tertiary/aromatic N) is 3. The van der Waals surface area contributed by atoms with E-state index in [0.717, 1.165) is 28.1 Å². The molecule has 0 fully saturated rings. The van der Waals surface area contributed by atoms with Gasteiger partial charge in [-0.2, -0.15) is 5.10 Å². The zero-order valence-electron chi connectivity index (χ0n) is 20.6. The minimum atomic E-state index is -0.255. The third-order valence-electron chi connectivity index (χ3n) is 4.85. The Kier molecular flexibility index (Phi) is 10.3. The van der Waals surface area contributed by atoms with E-state index < -0.39 is 0 Å². The highest BCUT2D eigenvalue weighted by Crippen LogP contribution is 2.34. The van der Waals surface area contributed by atoms with E-state index in [2.05, 4.69) is 27.1 Å². The highest BCUT2D eigenvalue weighted by atomic mass is 35.5. The zero-order chi connectivity index (χ0) is 25.9. The normalized spacial score (nSPS) is 10.9. The summed E-state index contributed by atoms with van der Waals surface area (Å²) in [5.41, 5.74) is 6.80. The van der Waals surface area contributed by atoms with Crippen LogP contribution in [0.4, 0.5) is 0 Å². The van der Waals surface area contributed by atoms with Gasteiger partial charge in [0.15, 0.2) is 16.7 Å². The molecule has 2 aromatic carbocycles. The Morgan fingerprint density at radius 1 is 1.14 bits per heavy atom. The quantitative estimate of drug-likeness (QED) is 0.108.